The molecule has 4 heterocycles. The van der Waals surface area contributed by atoms with Gasteiger partial charge in [-0.3, -0.25) is 13.9 Å². The second kappa shape index (κ2) is 10.4. The molecule has 0 bridgehead atoms. The van der Waals surface area contributed by atoms with E-state index in [0.29, 0.717) is 42.2 Å². The number of hydrogen-bond acceptors (Lipinski definition) is 10. The van der Waals surface area contributed by atoms with Crippen LogP contribution in [0.5, 0.6) is 0 Å². The van der Waals surface area contributed by atoms with E-state index in [-0.39, 0.29) is 23.4 Å². The quantitative estimate of drug-likeness (QED) is 0.354. The maximum Gasteiger partial charge on any atom is 0.225 e. The molecule has 3 fully saturated rings. The van der Waals surface area contributed by atoms with E-state index in [2.05, 4.69) is 38.9 Å². The molecule has 2 saturated carbocycles. The number of ether oxygens (including phenoxy) is 1. The van der Waals surface area contributed by atoms with Gasteiger partial charge in [-0.2, -0.15) is 5.26 Å². The fraction of sp³-hybridized carbons (Fsp3) is 0.593. The van der Waals surface area contributed by atoms with Crippen molar-refractivity contribution in [1.29, 1.82) is 5.26 Å². The molecule has 3 aliphatic rings. The third-order valence-electron chi connectivity index (χ3n) is 8.01. The molecule has 3 aromatic heterocycles. The first-order chi connectivity index (χ1) is 19.2. The van der Waals surface area contributed by atoms with E-state index in [9.17, 15) is 10.1 Å². The Bertz CT molecular complexity index is 1490. The molecule has 212 valence electrons. The minimum atomic E-state index is -0.508. The van der Waals surface area contributed by atoms with E-state index in [0.717, 1.165) is 46.8 Å². The maximum absolute atomic E-state index is 13.0. The topological polar surface area (TPSA) is 112 Å². The Hall–Kier alpha value is -2.43. The number of rotatable bonds is 9. The van der Waals surface area contributed by atoms with Gasteiger partial charge < -0.3 is 14.5 Å². The van der Waals surface area contributed by atoms with Gasteiger partial charge >= 0.3 is 0 Å². The average molecular weight is 601 g/mol. The Balaban J connectivity index is 1.40. The van der Waals surface area contributed by atoms with Crippen molar-refractivity contribution in [3.63, 3.8) is 0 Å². The largest absolute Gasteiger partial charge is 0.382 e. The fourth-order valence-corrected chi connectivity index (χ4v) is 7.28. The van der Waals surface area contributed by atoms with Crippen LogP contribution in [0.25, 0.3) is 16.3 Å². The second-order valence-electron chi connectivity index (χ2n) is 11.6. The zero-order valence-corrected chi connectivity index (χ0v) is 25.5. The van der Waals surface area contributed by atoms with E-state index in [4.69, 9.17) is 21.3 Å². The number of fused-ring (bicyclic) bond motifs is 1. The third-order valence-corrected chi connectivity index (χ3v) is 10.5. The number of amides is 1. The SMILES string of the molecule is COCC1CN(c2cc(SNC3(C)CC3)cn3c(-c4nnc(C5(C#N)CC5)s4)nc(Cl)c23)CCN1C(=O)C(C)C. The lowest BCUT2D eigenvalue weighted by Gasteiger charge is -2.43. The van der Waals surface area contributed by atoms with Crippen LogP contribution in [0.1, 0.15) is 51.5 Å². The Morgan fingerprint density at radius 3 is 2.75 bits per heavy atom. The number of methoxy groups -OCH3 is 1. The standard InChI is InChI=1S/C27H33ClN8O2S2/c1-16(2)24(37)35-10-9-34(12-17(35)14-38-4)19-11-18(40-33-26(3)5-6-26)13-36-20(19)21(28)30-22(36)23-31-32-25(39-23)27(15-29)7-8-27/h11,13,16-17,33H,5-10,12,14H2,1-4H3. The van der Waals surface area contributed by atoms with Gasteiger partial charge in [0.15, 0.2) is 16.0 Å². The van der Waals surface area contributed by atoms with Gasteiger partial charge in [0.2, 0.25) is 5.91 Å². The number of carbonyl (C=O) groups excluding carboxylic acids is 1. The number of imidazole rings is 1. The minimum Gasteiger partial charge on any atom is -0.382 e. The van der Waals surface area contributed by atoms with Gasteiger partial charge in [-0.25, -0.2) is 4.98 Å². The molecular weight excluding hydrogens is 568 g/mol. The second-order valence-corrected chi connectivity index (χ2v) is 13.8. The van der Waals surface area contributed by atoms with Gasteiger partial charge in [-0.15, -0.1) is 10.2 Å². The molecule has 1 atom stereocenters. The molecule has 1 N–H and O–H groups in total. The highest BCUT2D eigenvalue weighted by Gasteiger charge is 2.48. The first kappa shape index (κ1) is 27.7. The van der Waals surface area contributed by atoms with E-state index in [1.165, 1.54) is 11.3 Å². The number of nitrogens with zero attached hydrogens (tertiary/aromatic N) is 7. The molecule has 0 spiro atoms. The van der Waals surface area contributed by atoms with Crippen LogP contribution in [0.3, 0.4) is 0 Å². The van der Waals surface area contributed by atoms with Crippen LogP contribution < -0.4 is 9.62 Å². The van der Waals surface area contributed by atoms with Crippen LogP contribution in [0.4, 0.5) is 5.69 Å². The highest BCUT2D eigenvalue weighted by Crippen LogP contribution is 2.49. The zero-order valence-electron chi connectivity index (χ0n) is 23.1. The number of nitriles is 1. The molecule has 0 radical (unpaired) electrons. The predicted octanol–water partition coefficient (Wildman–Crippen LogP) is 4.53. The van der Waals surface area contributed by atoms with Crippen LogP contribution in [0.15, 0.2) is 17.2 Å². The van der Waals surface area contributed by atoms with Crippen molar-refractivity contribution in [3.05, 3.63) is 22.4 Å². The van der Waals surface area contributed by atoms with Crippen molar-refractivity contribution in [2.24, 2.45) is 5.92 Å². The monoisotopic (exact) mass is 600 g/mol. The summed E-state index contributed by atoms with van der Waals surface area (Å²) in [5.41, 5.74) is 1.38. The Kier molecular flexibility index (Phi) is 7.24. The molecule has 0 aromatic carbocycles. The van der Waals surface area contributed by atoms with Crippen molar-refractivity contribution in [3.8, 4) is 16.9 Å². The van der Waals surface area contributed by atoms with Crippen LogP contribution in [-0.4, -0.2) is 75.3 Å². The lowest BCUT2D eigenvalue weighted by atomic mass is 10.1. The number of hydrogen-bond donors (Lipinski definition) is 1. The number of piperazine rings is 1. The molecule has 1 amide bonds. The number of aromatic nitrogens is 4. The number of halogens is 1. The first-order valence-electron chi connectivity index (χ1n) is 13.6. The van der Waals surface area contributed by atoms with E-state index >= 15 is 0 Å². The summed E-state index contributed by atoms with van der Waals surface area (Å²) in [6, 6.07) is 4.48. The number of nitrogens with one attached hydrogen (secondary N) is 1. The van der Waals surface area contributed by atoms with E-state index in [1.807, 2.05) is 29.3 Å². The summed E-state index contributed by atoms with van der Waals surface area (Å²) in [6.07, 6.45) is 5.96. The van der Waals surface area contributed by atoms with Crippen LogP contribution in [0, 0.1) is 17.2 Å². The number of pyridine rings is 1. The molecule has 2 aliphatic carbocycles. The normalized spacial score (nSPS) is 21.2. The summed E-state index contributed by atoms with van der Waals surface area (Å²) in [6.45, 7) is 8.43. The summed E-state index contributed by atoms with van der Waals surface area (Å²) in [5.74, 6) is 0.674. The summed E-state index contributed by atoms with van der Waals surface area (Å²) in [4.78, 5) is 23.0. The molecule has 40 heavy (non-hydrogen) atoms. The van der Waals surface area contributed by atoms with Crippen LogP contribution >= 0.6 is 34.9 Å². The van der Waals surface area contributed by atoms with Gasteiger partial charge in [-0.05, 0) is 50.6 Å². The van der Waals surface area contributed by atoms with Crippen molar-refractivity contribution in [1.82, 2.24) is 29.2 Å². The van der Waals surface area contributed by atoms with Crippen LogP contribution in [0.2, 0.25) is 5.15 Å². The van der Waals surface area contributed by atoms with Crippen molar-refractivity contribution >= 4 is 52.0 Å². The minimum absolute atomic E-state index is 0.0772. The molecule has 6 rings (SSSR count). The summed E-state index contributed by atoms with van der Waals surface area (Å²) in [5, 5.41) is 20.2. The van der Waals surface area contributed by atoms with Crippen molar-refractivity contribution in [2.45, 2.75) is 68.3 Å². The molecule has 1 saturated heterocycles. The highest BCUT2D eigenvalue weighted by atomic mass is 35.5. The summed E-state index contributed by atoms with van der Waals surface area (Å²) < 4.78 is 11.1. The number of carbonyl (C=O) groups is 1. The van der Waals surface area contributed by atoms with Gasteiger partial charge in [0.05, 0.1) is 24.4 Å². The van der Waals surface area contributed by atoms with Gasteiger partial charge in [0, 0.05) is 49.3 Å². The van der Waals surface area contributed by atoms with E-state index in [1.54, 1.807) is 19.1 Å². The smallest absolute Gasteiger partial charge is 0.225 e. The average Bonchev–Trinajstić information content (AvgIpc) is 3.81. The zero-order chi connectivity index (χ0) is 28.2. The molecule has 10 nitrogen and oxygen atoms in total. The Morgan fingerprint density at radius 1 is 1.32 bits per heavy atom. The molecule has 1 unspecified atom stereocenters. The maximum atomic E-state index is 13.0. The first-order valence-corrected chi connectivity index (χ1v) is 15.6. The van der Waals surface area contributed by atoms with Gasteiger partial charge in [0.1, 0.15) is 15.9 Å². The van der Waals surface area contributed by atoms with Crippen molar-refractivity contribution in [2.75, 3.05) is 38.3 Å². The highest BCUT2D eigenvalue weighted by molar-refractivity contribution is 7.97. The Morgan fingerprint density at radius 2 is 2.10 bits per heavy atom. The van der Waals surface area contributed by atoms with Gasteiger partial charge in [0.25, 0.3) is 0 Å². The molecule has 1 aliphatic heterocycles. The number of anilines is 1. The molecule has 3 aromatic rings. The lowest BCUT2D eigenvalue weighted by Crippen LogP contribution is -2.57. The van der Waals surface area contributed by atoms with Crippen molar-refractivity contribution < 1.29 is 9.53 Å². The molecular formula is C27H33ClN8O2S2. The van der Waals surface area contributed by atoms with Crippen LogP contribution in [-0.2, 0) is 14.9 Å². The summed E-state index contributed by atoms with van der Waals surface area (Å²) >= 11 is 9.87. The predicted molar refractivity (Wildman–Crippen MR) is 157 cm³/mol. The Labute approximate surface area is 247 Å². The molecule has 13 heteroatoms. The summed E-state index contributed by atoms with van der Waals surface area (Å²) in [7, 11) is 1.67. The third kappa shape index (κ3) is 5.07. The fourth-order valence-electron chi connectivity index (χ4n) is 5.08. The van der Waals surface area contributed by atoms with Gasteiger partial charge in [-0.1, -0.05) is 36.8 Å². The lowest BCUT2D eigenvalue weighted by molar-refractivity contribution is -0.138. The van der Waals surface area contributed by atoms with E-state index < -0.39 is 5.41 Å².